The molecule has 4 rings (SSSR count). The SMILES string of the molecule is CCn1c(=O)c2cc(C(=O)Nc3ccc(C(F)(F)F)cc3)nn2c2ccccc21. The lowest BCUT2D eigenvalue weighted by atomic mass is 10.2. The fourth-order valence-corrected chi connectivity index (χ4v) is 3.20. The fourth-order valence-electron chi connectivity index (χ4n) is 3.20. The summed E-state index contributed by atoms with van der Waals surface area (Å²) in [4.78, 5) is 25.3. The topological polar surface area (TPSA) is 68.4 Å². The number of nitrogens with zero attached hydrogens (tertiary/aromatic N) is 3. The molecule has 0 saturated carbocycles. The number of carbonyl (C=O) groups is 1. The number of alkyl halides is 3. The number of anilines is 1. The Morgan fingerprint density at radius 2 is 1.69 bits per heavy atom. The monoisotopic (exact) mass is 400 g/mol. The molecule has 1 N–H and O–H groups in total. The van der Waals surface area contributed by atoms with E-state index in [4.69, 9.17) is 0 Å². The van der Waals surface area contributed by atoms with Crippen molar-refractivity contribution in [1.82, 2.24) is 14.2 Å². The van der Waals surface area contributed by atoms with Crippen molar-refractivity contribution in [2.45, 2.75) is 19.6 Å². The van der Waals surface area contributed by atoms with E-state index >= 15 is 0 Å². The quantitative estimate of drug-likeness (QED) is 0.566. The number of hydrogen-bond acceptors (Lipinski definition) is 3. The minimum atomic E-state index is -4.45. The summed E-state index contributed by atoms with van der Waals surface area (Å²) < 4.78 is 41.0. The molecule has 0 unspecified atom stereocenters. The molecular formula is C20H15F3N4O2. The van der Waals surface area contributed by atoms with Crippen LogP contribution in [0.15, 0.2) is 59.4 Å². The lowest BCUT2D eigenvalue weighted by Gasteiger charge is -2.09. The molecule has 6 nitrogen and oxygen atoms in total. The van der Waals surface area contributed by atoms with Gasteiger partial charge in [-0.1, -0.05) is 12.1 Å². The summed E-state index contributed by atoms with van der Waals surface area (Å²) in [6, 6.07) is 12.7. The molecule has 0 atom stereocenters. The highest BCUT2D eigenvalue weighted by molar-refractivity contribution is 6.03. The van der Waals surface area contributed by atoms with Crippen molar-refractivity contribution >= 4 is 28.1 Å². The summed E-state index contributed by atoms with van der Waals surface area (Å²) >= 11 is 0. The predicted molar refractivity (Wildman–Crippen MR) is 102 cm³/mol. The number of amides is 1. The van der Waals surface area contributed by atoms with E-state index in [0.29, 0.717) is 17.6 Å². The number of para-hydroxylation sites is 2. The van der Waals surface area contributed by atoms with E-state index in [2.05, 4.69) is 10.4 Å². The van der Waals surface area contributed by atoms with Crippen LogP contribution in [-0.4, -0.2) is 20.1 Å². The van der Waals surface area contributed by atoms with Crippen LogP contribution in [0.1, 0.15) is 23.0 Å². The van der Waals surface area contributed by atoms with Gasteiger partial charge < -0.3 is 9.88 Å². The summed E-state index contributed by atoms with van der Waals surface area (Å²) in [5.41, 5.74) is 0.671. The molecule has 1 amide bonds. The number of rotatable bonds is 3. The van der Waals surface area contributed by atoms with Gasteiger partial charge in [-0.3, -0.25) is 9.59 Å². The third-order valence-corrected chi connectivity index (χ3v) is 4.59. The lowest BCUT2D eigenvalue weighted by Crippen LogP contribution is -2.22. The van der Waals surface area contributed by atoms with Gasteiger partial charge in [0, 0.05) is 18.3 Å². The normalized spacial score (nSPS) is 11.9. The maximum Gasteiger partial charge on any atom is 0.416 e. The van der Waals surface area contributed by atoms with Gasteiger partial charge >= 0.3 is 6.18 Å². The number of halogens is 3. The van der Waals surface area contributed by atoms with E-state index in [0.717, 1.165) is 24.3 Å². The summed E-state index contributed by atoms with van der Waals surface area (Å²) in [6.07, 6.45) is -4.45. The summed E-state index contributed by atoms with van der Waals surface area (Å²) in [5.74, 6) is -0.625. The van der Waals surface area contributed by atoms with Crippen molar-refractivity contribution in [3.63, 3.8) is 0 Å². The average molecular weight is 400 g/mol. The minimum Gasteiger partial charge on any atom is -0.321 e. The molecule has 4 aromatic rings. The van der Waals surface area contributed by atoms with E-state index in [9.17, 15) is 22.8 Å². The predicted octanol–water partition coefficient (Wildman–Crippen LogP) is 3.94. The van der Waals surface area contributed by atoms with Crippen LogP contribution in [0.4, 0.5) is 18.9 Å². The number of hydrogen-bond donors (Lipinski definition) is 1. The molecule has 2 aromatic heterocycles. The summed E-state index contributed by atoms with van der Waals surface area (Å²) in [6.45, 7) is 2.30. The van der Waals surface area contributed by atoms with Crippen LogP contribution < -0.4 is 10.9 Å². The standard InChI is InChI=1S/C20H15F3N4O2/c1-2-26-15-5-3-4-6-16(15)27-17(19(26)29)11-14(25-27)18(28)24-13-9-7-12(8-10-13)20(21,22)23/h3-11H,2H2,1H3,(H,24,28). The van der Waals surface area contributed by atoms with Crippen molar-refractivity contribution in [2.75, 3.05) is 5.32 Å². The molecule has 0 saturated heterocycles. The molecule has 9 heteroatoms. The Hall–Kier alpha value is -3.62. The highest BCUT2D eigenvalue weighted by Gasteiger charge is 2.30. The number of aromatic nitrogens is 3. The number of carbonyl (C=O) groups excluding carboxylic acids is 1. The molecule has 0 bridgehead atoms. The van der Waals surface area contributed by atoms with Gasteiger partial charge in [0.1, 0.15) is 5.52 Å². The molecular weight excluding hydrogens is 385 g/mol. The average Bonchev–Trinajstić information content (AvgIpc) is 3.14. The van der Waals surface area contributed by atoms with Gasteiger partial charge in [0.2, 0.25) is 0 Å². The maximum atomic E-state index is 12.8. The first kappa shape index (κ1) is 18.7. The van der Waals surface area contributed by atoms with Crippen LogP contribution in [0, 0.1) is 0 Å². The maximum absolute atomic E-state index is 12.8. The van der Waals surface area contributed by atoms with Gasteiger partial charge in [-0.2, -0.15) is 18.3 Å². The number of aryl methyl sites for hydroxylation is 1. The molecule has 2 aromatic carbocycles. The smallest absolute Gasteiger partial charge is 0.321 e. The van der Waals surface area contributed by atoms with E-state index < -0.39 is 17.6 Å². The van der Waals surface area contributed by atoms with Crippen molar-refractivity contribution in [3.05, 3.63) is 76.2 Å². The van der Waals surface area contributed by atoms with Gasteiger partial charge in [0.05, 0.1) is 16.6 Å². The van der Waals surface area contributed by atoms with Gasteiger partial charge in [-0.15, -0.1) is 0 Å². The highest BCUT2D eigenvalue weighted by Crippen LogP contribution is 2.29. The Morgan fingerprint density at radius 1 is 1.03 bits per heavy atom. The van der Waals surface area contributed by atoms with Crippen LogP contribution in [0.2, 0.25) is 0 Å². The Bertz CT molecular complexity index is 1290. The third-order valence-electron chi connectivity index (χ3n) is 4.59. The number of benzene rings is 2. The van der Waals surface area contributed by atoms with Crippen molar-refractivity contribution < 1.29 is 18.0 Å². The largest absolute Gasteiger partial charge is 0.416 e. The zero-order chi connectivity index (χ0) is 20.8. The zero-order valence-electron chi connectivity index (χ0n) is 15.2. The Labute approximate surface area is 162 Å². The second-order valence-electron chi connectivity index (χ2n) is 6.39. The Morgan fingerprint density at radius 3 is 2.31 bits per heavy atom. The first-order valence-corrected chi connectivity index (χ1v) is 8.79. The second kappa shape index (κ2) is 6.77. The molecule has 0 aliphatic rings. The van der Waals surface area contributed by atoms with Crippen molar-refractivity contribution in [1.29, 1.82) is 0 Å². The van der Waals surface area contributed by atoms with Crippen molar-refractivity contribution in [3.8, 4) is 0 Å². The molecule has 148 valence electrons. The van der Waals surface area contributed by atoms with Gasteiger partial charge in [0.15, 0.2) is 5.69 Å². The molecule has 0 radical (unpaired) electrons. The van der Waals surface area contributed by atoms with Gasteiger partial charge in [0.25, 0.3) is 11.5 Å². The molecule has 0 aliphatic heterocycles. The molecule has 2 heterocycles. The first-order chi connectivity index (χ1) is 13.8. The van der Waals surface area contributed by atoms with E-state index in [1.165, 1.54) is 10.6 Å². The van der Waals surface area contributed by atoms with E-state index in [1.807, 2.05) is 13.0 Å². The summed E-state index contributed by atoms with van der Waals surface area (Å²) in [5, 5.41) is 6.74. The summed E-state index contributed by atoms with van der Waals surface area (Å²) in [7, 11) is 0. The minimum absolute atomic E-state index is 0.0130. The Balaban J connectivity index is 1.73. The molecule has 29 heavy (non-hydrogen) atoms. The van der Waals surface area contributed by atoms with E-state index in [-0.39, 0.29) is 22.5 Å². The molecule has 0 fully saturated rings. The van der Waals surface area contributed by atoms with Crippen LogP contribution in [0.3, 0.4) is 0 Å². The van der Waals surface area contributed by atoms with E-state index in [1.54, 1.807) is 22.8 Å². The van der Waals surface area contributed by atoms with Gasteiger partial charge in [-0.25, -0.2) is 4.52 Å². The van der Waals surface area contributed by atoms with Crippen LogP contribution >= 0.6 is 0 Å². The molecule has 0 spiro atoms. The third kappa shape index (κ3) is 3.24. The first-order valence-electron chi connectivity index (χ1n) is 8.79. The second-order valence-corrected chi connectivity index (χ2v) is 6.39. The fraction of sp³-hybridized carbons (Fsp3) is 0.150. The number of fused-ring (bicyclic) bond motifs is 3. The lowest BCUT2D eigenvalue weighted by molar-refractivity contribution is -0.137. The Kier molecular flexibility index (Phi) is 4.37. The van der Waals surface area contributed by atoms with Crippen LogP contribution in [0.25, 0.3) is 16.6 Å². The zero-order valence-corrected chi connectivity index (χ0v) is 15.2. The van der Waals surface area contributed by atoms with Gasteiger partial charge in [-0.05, 0) is 43.3 Å². The highest BCUT2D eigenvalue weighted by atomic mass is 19.4. The van der Waals surface area contributed by atoms with Crippen LogP contribution in [-0.2, 0) is 12.7 Å². The van der Waals surface area contributed by atoms with Crippen molar-refractivity contribution in [2.24, 2.45) is 0 Å². The number of nitrogens with one attached hydrogen (secondary N) is 1. The molecule has 0 aliphatic carbocycles. The van der Waals surface area contributed by atoms with Crippen LogP contribution in [0.5, 0.6) is 0 Å².